The van der Waals surface area contributed by atoms with Gasteiger partial charge in [-0.2, -0.15) is 12.6 Å². The third-order valence-electron chi connectivity index (χ3n) is 5.01. The Bertz CT molecular complexity index is 1010. The van der Waals surface area contributed by atoms with E-state index in [4.69, 9.17) is 5.73 Å². The van der Waals surface area contributed by atoms with Crippen LogP contribution in [0, 0.1) is 29.1 Å². The van der Waals surface area contributed by atoms with Gasteiger partial charge in [-0.05, 0) is 6.42 Å². The summed E-state index contributed by atoms with van der Waals surface area (Å²) in [5.74, 6) is -14.2. The normalized spacial score (nSPS) is 12.9. The maximum Gasteiger partial charge on any atom is 0.323 e. The lowest BCUT2D eigenvalue weighted by molar-refractivity contribution is -0.869. The number of thiol groups is 1. The molecule has 10 nitrogen and oxygen atoms in total. The molecule has 0 aliphatic heterocycles. The van der Waals surface area contributed by atoms with Gasteiger partial charge in [0, 0.05) is 12.2 Å². The molecule has 1 rings (SSSR count). The highest BCUT2D eigenvalue weighted by Gasteiger charge is 2.27. The first-order valence-electron chi connectivity index (χ1n) is 11.3. The van der Waals surface area contributed by atoms with E-state index in [0.717, 1.165) is 0 Å². The second-order valence-corrected chi connectivity index (χ2v) is 9.55. The number of carbonyl (C=O) groups excluding carboxylic acids is 4. The number of quaternary nitrogens is 1. The number of nitrogens with one attached hydrogen (secondary N) is 3. The van der Waals surface area contributed by atoms with Crippen molar-refractivity contribution < 1.29 is 50.4 Å². The molecule has 214 valence electrons. The fourth-order valence-electron chi connectivity index (χ4n) is 2.78. The van der Waals surface area contributed by atoms with Crippen LogP contribution in [0.5, 0.6) is 0 Å². The molecule has 0 saturated carbocycles. The molecule has 0 fully saturated rings. The molecule has 0 aromatic heterocycles. The number of amides is 3. The Hall–Kier alpha value is -2.98. The highest BCUT2D eigenvalue weighted by molar-refractivity contribution is 7.80. The Morgan fingerprint density at radius 3 is 2.00 bits per heavy atom. The van der Waals surface area contributed by atoms with Crippen LogP contribution in [0.15, 0.2) is 0 Å². The number of rotatable bonds is 14. The smallest absolute Gasteiger partial charge is 0.323 e. The lowest BCUT2D eigenvalue weighted by atomic mass is 10.1. The molecule has 1 aromatic carbocycles. The van der Waals surface area contributed by atoms with Crippen LogP contribution in [-0.4, -0.2) is 86.8 Å². The van der Waals surface area contributed by atoms with Gasteiger partial charge in [0.05, 0.1) is 46.3 Å². The van der Waals surface area contributed by atoms with E-state index in [1.807, 2.05) is 21.1 Å². The zero-order valence-corrected chi connectivity index (χ0v) is 21.9. The lowest BCUT2D eigenvalue weighted by Crippen LogP contribution is -2.50. The molecular weight excluding hydrogens is 541 g/mol. The van der Waals surface area contributed by atoms with Gasteiger partial charge < -0.3 is 30.9 Å². The lowest BCUT2D eigenvalue weighted by Gasteiger charge is -2.23. The molecule has 0 aliphatic rings. The van der Waals surface area contributed by atoms with Crippen LogP contribution >= 0.6 is 12.6 Å². The molecule has 0 radical (unpaired) electrons. The number of benzene rings is 1. The molecular formula is C22H31F5N5O5S+. The quantitative estimate of drug-likeness (QED) is 0.0527. The number of halogens is 5. The van der Waals surface area contributed by atoms with E-state index >= 15 is 0 Å². The molecule has 0 bridgehead atoms. The second kappa shape index (κ2) is 14.8. The molecule has 0 aliphatic carbocycles. The van der Waals surface area contributed by atoms with Crippen LogP contribution < -0.4 is 21.7 Å². The molecule has 2 atom stereocenters. The summed E-state index contributed by atoms with van der Waals surface area (Å²) in [6.45, 7) is -0.539. The third kappa shape index (κ3) is 10.4. The Balaban J connectivity index is 2.50. The fraction of sp³-hybridized carbons (Fsp3) is 0.545. The standard InChI is InChI=1S/C22H30F5N5O5S/c1-32(2,3)7-6-29-15(34)8-30-21(35)13(10-38)31-14(33)5-4-12(28)22(36)37-9-11-16(23)18(25)20(27)19(26)17(11)24/h12-13H,4-10,28H2,1-3H3,(H3-,29,30,31,33,34,35,38)/p+1/t12-,13-/m0/s1. The van der Waals surface area contributed by atoms with Crippen LogP contribution in [0.1, 0.15) is 18.4 Å². The molecule has 0 heterocycles. The van der Waals surface area contributed by atoms with Crippen LogP contribution in [0.4, 0.5) is 22.0 Å². The first-order chi connectivity index (χ1) is 17.6. The minimum absolute atomic E-state index is 0.114. The highest BCUT2D eigenvalue weighted by atomic mass is 32.1. The van der Waals surface area contributed by atoms with Gasteiger partial charge in [-0.1, -0.05) is 0 Å². The second-order valence-electron chi connectivity index (χ2n) is 9.19. The zero-order chi connectivity index (χ0) is 29.2. The molecule has 0 spiro atoms. The molecule has 5 N–H and O–H groups in total. The van der Waals surface area contributed by atoms with E-state index in [0.29, 0.717) is 17.6 Å². The van der Waals surface area contributed by atoms with Gasteiger partial charge >= 0.3 is 5.97 Å². The van der Waals surface area contributed by atoms with Gasteiger partial charge in [-0.25, -0.2) is 22.0 Å². The van der Waals surface area contributed by atoms with Crippen LogP contribution in [0.2, 0.25) is 0 Å². The van der Waals surface area contributed by atoms with Crippen LogP contribution in [-0.2, 0) is 30.5 Å². The number of esters is 1. The summed E-state index contributed by atoms with van der Waals surface area (Å²) in [6.07, 6.45) is -0.723. The van der Waals surface area contributed by atoms with E-state index < -0.39 is 77.0 Å². The van der Waals surface area contributed by atoms with Gasteiger partial charge in [0.2, 0.25) is 23.5 Å². The van der Waals surface area contributed by atoms with Crippen molar-refractivity contribution in [3.63, 3.8) is 0 Å². The number of hydrogen-bond acceptors (Lipinski definition) is 7. The number of ether oxygens (including phenoxy) is 1. The Morgan fingerprint density at radius 1 is 0.921 bits per heavy atom. The van der Waals surface area contributed by atoms with Crippen molar-refractivity contribution in [2.45, 2.75) is 31.5 Å². The largest absolute Gasteiger partial charge is 0.459 e. The topological polar surface area (TPSA) is 140 Å². The van der Waals surface area contributed by atoms with Crippen LogP contribution in [0.25, 0.3) is 0 Å². The van der Waals surface area contributed by atoms with Crippen LogP contribution in [0.3, 0.4) is 0 Å². The summed E-state index contributed by atoms with van der Waals surface area (Å²) < 4.78 is 72.1. The van der Waals surface area contributed by atoms with Crippen molar-refractivity contribution >= 4 is 36.3 Å². The monoisotopic (exact) mass is 572 g/mol. The van der Waals surface area contributed by atoms with E-state index in [1.54, 1.807) is 0 Å². The zero-order valence-electron chi connectivity index (χ0n) is 21.0. The average Bonchev–Trinajstić information content (AvgIpc) is 2.85. The molecule has 1 aromatic rings. The first-order valence-corrected chi connectivity index (χ1v) is 11.9. The van der Waals surface area contributed by atoms with Crippen molar-refractivity contribution in [2.24, 2.45) is 5.73 Å². The molecule has 38 heavy (non-hydrogen) atoms. The van der Waals surface area contributed by atoms with Crippen molar-refractivity contribution in [2.75, 3.05) is 46.5 Å². The fourth-order valence-corrected chi connectivity index (χ4v) is 3.03. The van der Waals surface area contributed by atoms with Crippen molar-refractivity contribution in [3.8, 4) is 0 Å². The minimum Gasteiger partial charge on any atom is -0.459 e. The van der Waals surface area contributed by atoms with Gasteiger partial charge in [-0.3, -0.25) is 19.2 Å². The van der Waals surface area contributed by atoms with E-state index in [2.05, 4.69) is 33.3 Å². The number of hydrogen-bond donors (Lipinski definition) is 5. The maximum atomic E-state index is 13.7. The summed E-state index contributed by atoms with van der Waals surface area (Å²) in [5.41, 5.74) is 4.21. The van der Waals surface area contributed by atoms with E-state index in [1.165, 1.54) is 0 Å². The highest BCUT2D eigenvalue weighted by Crippen LogP contribution is 2.23. The number of carbonyl (C=O) groups is 4. The summed E-state index contributed by atoms with van der Waals surface area (Å²) in [5, 5.41) is 7.36. The van der Waals surface area contributed by atoms with Gasteiger partial charge in [-0.15, -0.1) is 0 Å². The predicted molar refractivity (Wildman–Crippen MR) is 128 cm³/mol. The number of nitrogens with zero attached hydrogens (tertiary/aromatic N) is 1. The Morgan fingerprint density at radius 2 is 1.47 bits per heavy atom. The SMILES string of the molecule is C[N+](C)(C)CCNC(=O)CNC(=O)[C@H](CS)NC(=O)CC[C@H](N)C(=O)OCc1c(F)c(F)c(F)c(F)c1F. The van der Waals surface area contributed by atoms with E-state index in [9.17, 15) is 41.1 Å². The number of nitrogens with two attached hydrogens (primary N) is 1. The maximum absolute atomic E-state index is 13.7. The van der Waals surface area contributed by atoms with E-state index in [-0.39, 0.29) is 25.1 Å². The first kappa shape index (κ1) is 33.0. The van der Waals surface area contributed by atoms with Gasteiger partial charge in [0.25, 0.3) is 0 Å². The molecule has 0 saturated heterocycles. The van der Waals surface area contributed by atoms with Gasteiger partial charge in [0.1, 0.15) is 18.7 Å². The number of likely N-dealkylation sites (N-methyl/N-ethyl adjacent to an activating group) is 1. The van der Waals surface area contributed by atoms with Crippen molar-refractivity contribution in [3.05, 3.63) is 34.6 Å². The summed E-state index contributed by atoms with van der Waals surface area (Å²) >= 11 is 3.99. The molecule has 0 unspecified atom stereocenters. The summed E-state index contributed by atoms with van der Waals surface area (Å²) in [7, 11) is 5.85. The third-order valence-corrected chi connectivity index (χ3v) is 5.37. The predicted octanol–water partition coefficient (Wildman–Crippen LogP) is -0.114. The molecule has 16 heteroatoms. The Labute approximate surface area is 221 Å². The minimum atomic E-state index is -2.36. The summed E-state index contributed by atoms with van der Waals surface area (Å²) in [4.78, 5) is 48.2. The molecule has 3 amide bonds. The Kier molecular flexibility index (Phi) is 12.9. The van der Waals surface area contributed by atoms with Crippen molar-refractivity contribution in [1.29, 1.82) is 0 Å². The summed E-state index contributed by atoms with van der Waals surface area (Å²) in [6, 6.07) is -2.59. The van der Waals surface area contributed by atoms with Crippen molar-refractivity contribution in [1.82, 2.24) is 16.0 Å². The average molecular weight is 573 g/mol. The van der Waals surface area contributed by atoms with Gasteiger partial charge in [0.15, 0.2) is 23.3 Å².